The molecule has 0 bridgehead atoms. The van der Waals surface area contributed by atoms with Crippen molar-refractivity contribution in [3.63, 3.8) is 0 Å². The number of allylic oxidation sites excluding steroid dienone is 4. The quantitative estimate of drug-likeness (QED) is 0.208. The second-order valence-electron chi connectivity index (χ2n) is 12.2. The third-order valence-electron chi connectivity index (χ3n) is 7.98. The van der Waals surface area contributed by atoms with Gasteiger partial charge in [-0.15, -0.1) is 11.4 Å². The molecule has 0 radical (unpaired) electrons. The maximum atomic E-state index is 4.76. The van der Waals surface area contributed by atoms with Gasteiger partial charge in [-0.05, 0) is 101 Å². The summed E-state index contributed by atoms with van der Waals surface area (Å²) in [6, 6.07) is 21.5. The molecular formula is C40H42N4Zn. The summed E-state index contributed by atoms with van der Waals surface area (Å²) in [4.78, 5) is 19.0. The molecule has 224 valence electrons. The van der Waals surface area contributed by atoms with E-state index in [0.717, 1.165) is 56.7 Å². The minimum Gasteiger partial charge on any atom is -0.661 e. The first-order valence-electron chi connectivity index (χ1n) is 15.2. The number of aliphatic imine (C=N–C) groups is 2. The molecule has 45 heavy (non-hydrogen) atoms. The smallest absolute Gasteiger partial charge is 0.661 e. The van der Waals surface area contributed by atoms with Crippen molar-refractivity contribution in [2.75, 3.05) is 0 Å². The summed E-state index contributed by atoms with van der Waals surface area (Å²) < 4.78 is 0. The van der Waals surface area contributed by atoms with Gasteiger partial charge in [-0.3, -0.25) is 9.98 Å². The molecule has 0 amide bonds. The number of hydrogen-bond acceptors (Lipinski definition) is 2. The van der Waals surface area contributed by atoms with E-state index in [2.05, 4.69) is 114 Å². The van der Waals surface area contributed by atoms with Crippen LogP contribution in [0.5, 0.6) is 0 Å². The SMILES string of the molecule is CC1=CC(C)=N/C1=C(/c1ccc(C)cc1)c1[n-]c(C)cc1C.CC1=CC(C)=N/C1=C(/c1ccc(C)cc1)c1[n-]c(C)cc1C.[Zn+2]. The van der Waals surface area contributed by atoms with Gasteiger partial charge in [0, 0.05) is 11.4 Å². The normalized spacial score (nSPS) is 16.2. The Morgan fingerprint density at radius 1 is 0.489 bits per heavy atom. The van der Waals surface area contributed by atoms with Crippen molar-refractivity contribution in [2.45, 2.75) is 69.2 Å². The monoisotopic (exact) mass is 642 g/mol. The average Bonchev–Trinajstić information content (AvgIpc) is 3.68. The van der Waals surface area contributed by atoms with Gasteiger partial charge in [-0.1, -0.05) is 96.8 Å². The molecular weight excluding hydrogens is 602 g/mol. The maximum absolute atomic E-state index is 4.76. The summed E-state index contributed by atoms with van der Waals surface area (Å²) in [5, 5.41) is 0. The first kappa shape index (κ1) is 33.8. The standard InChI is InChI=1S/2C20H21N2.Zn/c2*1-12-6-8-17(9-7-12)18(19-13(2)10-15(4)21-19)20-14(3)11-16(5)22-20;/h2*6-11H,1-5H3;/q2*-1;+2/b2*19-18-;. The molecule has 0 aliphatic carbocycles. The topological polar surface area (TPSA) is 52.9 Å². The molecule has 4 heterocycles. The van der Waals surface area contributed by atoms with Crippen LogP contribution in [0.25, 0.3) is 11.1 Å². The van der Waals surface area contributed by atoms with E-state index in [9.17, 15) is 0 Å². The molecule has 2 aliphatic rings. The van der Waals surface area contributed by atoms with Crippen molar-refractivity contribution in [3.8, 4) is 0 Å². The average molecular weight is 644 g/mol. The van der Waals surface area contributed by atoms with Crippen LogP contribution >= 0.6 is 0 Å². The number of hydrogen-bond donors (Lipinski definition) is 0. The van der Waals surface area contributed by atoms with Crippen molar-refractivity contribution in [1.82, 2.24) is 9.97 Å². The molecule has 4 nitrogen and oxygen atoms in total. The van der Waals surface area contributed by atoms with Crippen LogP contribution in [-0.4, -0.2) is 11.4 Å². The van der Waals surface area contributed by atoms with Crippen LogP contribution in [0.2, 0.25) is 0 Å². The van der Waals surface area contributed by atoms with Gasteiger partial charge in [0.2, 0.25) is 0 Å². The van der Waals surface area contributed by atoms with Crippen molar-refractivity contribution in [3.05, 3.63) is 152 Å². The molecule has 0 saturated carbocycles. The molecule has 5 heteroatoms. The van der Waals surface area contributed by atoms with Gasteiger partial charge in [0.1, 0.15) is 0 Å². The van der Waals surface area contributed by atoms with Gasteiger partial charge >= 0.3 is 19.5 Å². The predicted octanol–water partition coefficient (Wildman–Crippen LogP) is 9.50. The Morgan fingerprint density at radius 2 is 0.822 bits per heavy atom. The van der Waals surface area contributed by atoms with Crippen molar-refractivity contribution >= 4 is 22.6 Å². The summed E-state index contributed by atoms with van der Waals surface area (Å²) in [7, 11) is 0. The van der Waals surface area contributed by atoms with Gasteiger partial charge in [-0.2, -0.15) is 11.4 Å². The van der Waals surface area contributed by atoms with E-state index in [1.807, 2.05) is 27.7 Å². The summed E-state index contributed by atoms with van der Waals surface area (Å²) in [5.74, 6) is 0. The molecule has 0 N–H and O–H groups in total. The van der Waals surface area contributed by atoms with E-state index in [1.165, 1.54) is 44.5 Å². The largest absolute Gasteiger partial charge is 2.00 e. The number of rotatable bonds is 4. The predicted molar refractivity (Wildman–Crippen MR) is 187 cm³/mol. The molecule has 0 fully saturated rings. The molecule has 2 aromatic heterocycles. The van der Waals surface area contributed by atoms with Crippen molar-refractivity contribution < 1.29 is 19.5 Å². The molecule has 4 aromatic rings. The number of aromatic nitrogens is 2. The third-order valence-corrected chi connectivity index (χ3v) is 7.98. The second-order valence-corrected chi connectivity index (χ2v) is 12.2. The summed E-state index contributed by atoms with van der Waals surface area (Å²) in [6.07, 6.45) is 4.27. The van der Waals surface area contributed by atoms with Gasteiger partial charge in [-0.25, -0.2) is 0 Å². The van der Waals surface area contributed by atoms with E-state index in [0.29, 0.717) is 0 Å². The summed E-state index contributed by atoms with van der Waals surface area (Å²) in [5.41, 5.74) is 20.3. The van der Waals surface area contributed by atoms with Gasteiger partial charge in [0.05, 0.1) is 11.4 Å². The van der Waals surface area contributed by atoms with Crippen LogP contribution in [0.4, 0.5) is 0 Å². The van der Waals surface area contributed by atoms with E-state index >= 15 is 0 Å². The van der Waals surface area contributed by atoms with Crippen LogP contribution in [0, 0.1) is 41.5 Å². The molecule has 2 aliphatic heterocycles. The van der Waals surface area contributed by atoms with Crippen LogP contribution in [0.15, 0.2) is 105 Å². The first-order chi connectivity index (χ1) is 20.9. The molecule has 0 atom stereocenters. The van der Waals surface area contributed by atoms with Crippen LogP contribution in [-0.2, 0) is 19.5 Å². The van der Waals surface area contributed by atoms with Gasteiger partial charge in [0.15, 0.2) is 0 Å². The van der Waals surface area contributed by atoms with Gasteiger partial charge < -0.3 is 9.97 Å². The summed E-state index contributed by atoms with van der Waals surface area (Å²) in [6.45, 7) is 20.9. The number of benzene rings is 2. The Balaban J connectivity index is 0.000000200. The fraction of sp³-hybridized carbons (Fsp3) is 0.250. The zero-order chi connectivity index (χ0) is 31.7. The molecule has 6 rings (SSSR count). The number of aryl methyl sites for hydroxylation is 6. The Labute approximate surface area is 281 Å². The fourth-order valence-corrected chi connectivity index (χ4v) is 5.94. The maximum Gasteiger partial charge on any atom is 2.00 e. The minimum absolute atomic E-state index is 0. The second kappa shape index (κ2) is 13.9. The Morgan fingerprint density at radius 3 is 1.07 bits per heavy atom. The molecule has 0 spiro atoms. The molecule has 0 saturated heterocycles. The minimum atomic E-state index is 0. The van der Waals surface area contributed by atoms with Crippen LogP contribution in [0.3, 0.4) is 0 Å². The van der Waals surface area contributed by atoms with Crippen molar-refractivity contribution in [1.29, 1.82) is 0 Å². The zero-order valence-electron chi connectivity index (χ0n) is 28.4. The molecule has 0 unspecified atom stereocenters. The number of nitrogens with zero attached hydrogens (tertiary/aromatic N) is 4. The van der Waals surface area contributed by atoms with E-state index in [-0.39, 0.29) is 19.5 Å². The Bertz CT molecular complexity index is 1770. The van der Waals surface area contributed by atoms with Crippen LogP contribution < -0.4 is 9.97 Å². The Kier molecular flexibility index (Phi) is 10.5. The fourth-order valence-electron chi connectivity index (χ4n) is 5.94. The zero-order valence-corrected chi connectivity index (χ0v) is 31.4. The van der Waals surface area contributed by atoms with E-state index in [4.69, 9.17) is 20.0 Å². The third kappa shape index (κ3) is 7.43. The van der Waals surface area contributed by atoms with Crippen molar-refractivity contribution in [2.24, 2.45) is 9.98 Å². The summed E-state index contributed by atoms with van der Waals surface area (Å²) >= 11 is 0. The Hall–Kier alpha value is -4.08. The first-order valence-corrected chi connectivity index (χ1v) is 15.2. The van der Waals surface area contributed by atoms with E-state index < -0.39 is 0 Å². The molecule has 2 aromatic carbocycles. The van der Waals surface area contributed by atoms with Gasteiger partial charge in [0.25, 0.3) is 0 Å². The van der Waals surface area contributed by atoms with Crippen LogP contribution in [0.1, 0.15) is 83.9 Å². The van der Waals surface area contributed by atoms with E-state index in [1.54, 1.807) is 0 Å².